The maximum absolute atomic E-state index is 12.4. The van der Waals surface area contributed by atoms with Crippen LogP contribution < -0.4 is 5.32 Å². The molecule has 1 aliphatic carbocycles. The summed E-state index contributed by atoms with van der Waals surface area (Å²) in [5.41, 5.74) is 0.465. The number of carboxylic acids is 1. The van der Waals surface area contributed by atoms with Crippen LogP contribution in [0.5, 0.6) is 0 Å². The normalized spacial score (nSPS) is 23.2. The molecule has 1 saturated carbocycles. The number of hydrogen-bond acceptors (Lipinski definition) is 5. The van der Waals surface area contributed by atoms with E-state index in [1.165, 1.54) is 11.0 Å². The summed E-state index contributed by atoms with van der Waals surface area (Å²) in [4.78, 5) is 24.1. The number of nitrogens with zero attached hydrogens (tertiary/aromatic N) is 4. The van der Waals surface area contributed by atoms with Crippen molar-refractivity contribution in [3.8, 4) is 5.69 Å². The predicted octanol–water partition coefficient (Wildman–Crippen LogP) is 1.35. The van der Waals surface area contributed by atoms with Gasteiger partial charge in [-0.05, 0) is 59.7 Å². The second kappa shape index (κ2) is 7.00. The summed E-state index contributed by atoms with van der Waals surface area (Å²) in [6.45, 7) is 2.11. The number of nitrogens with one attached hydrogen (secondary N) is 1. The first-order chi connectivity index (χ1) is 12.0. The first kappa shape index (κ1) is 17.1. The van der Waals surface area contributed by atoms with Gasteiger partial charge >= 0.3 is 5.97 Å². The van der Waals surface area contributed by atoms with Crippen molar-refractivity contribution in [2.24, 2.45) is 5.92 Å². The third-order valence-corrected chi connectivity index (χ3v) is 4.83. The third-order valence-electron chi connectivity index (χ3n) is 4.83. The molecule has 25 heavy (non-hydrogen) atoms. The van der Waals surface area contributed by atoms with Gasteiger partial charge in [-0.15, -0.1) is 5.10 Å². The van der Waals surface area contributed by atoms with E-state index in [2.05, 4.69) is 27.8 Å². The maximum Gasteiger partial charge on any atom is 0.329 e. The van der Waals surface area contributed by atoms with Crippen molar-refractivity contribution in [3.05, 3.63) is 36.2 Å². The molecule has 0 bridgehead atoms. The Hall–Kier alpha value is -2.77. The van der Waals surface area contributed by atoms with Gasteiger partial charge in [-0.3, -0.25) is 4.79 Å². The zero-order valence-electron chi connectivity index (χ0n) is 14.1. The molecule has 2 aromatic rings. The summed E-state index contributed by atoms with van der Waals surface area (Å²) in [6.07, 6.45) is 4.21. The van der Waals surface area contributed by atoms with Gasteiger partial charge in [0, 0.05) is 0 Å². The monoisotopic (exact) mass is 343 g/mol. The van der Waals surface area contributed by atoms with E-state index in [-0.39, 0.29) is 12.3 Å². The highest BCUT2D eigenvalue weighted by molar-refractivity contribution is 5.88. The zero-order valence-corrected chi connectivity index (χ0v) is 14.1. The Labute approximate surface area is 145 Å². The van der Waals surface area contributed by atoms with Gasteiger partial charge < -0.3 is 10.4 Å². The highest BCUT2D eigenvalue weighted by atomic mass is 16.4. The van der Waals surface area contributed by atoms with Gasteiger partial charge in [0.1, 0.15) is 11.9 Å². The number of hydrogen-bond donors (Lipinski definition) is 2. The number of carbonyl (C=O) groups excluding carboxylic acids is 1. The van der Waals surface area contributed by atoms with Gasteiger partial charge in [-0.25, -0.2) is 9.48 Å². The first-order valence-electron chi connectivity index (χ1n) is 8.35. The fraction of sp³-hybridized carbons (Fsp3) is 0.471. The summed E-state index contributed by atoms with van der Waals surface area (Å²) in [6, 6.07) is 7.25. The Kier molecular flexibility index (Phi) is 4.78. The second-order valence-electron chi connectivity index (χ2n) is 6.72. The Balaban J connectivity index is 1.64. The number of benzene rings is 1. The molecule has 1 amide bonds. The van der Waals surface area contributed by atoms with Crippen LogP contribution >= 0.6 is 0 Å². The topological polar surface area (TPSA) is 110 Å². The largest absolute Gasteiger partial charge is 0.480 e. The smallest absolute Gasteiger partial charge is 0.329 e. The van der Waals surface area contributed by atoms with Crippen molar-refractivity contribution in [3.63, 3.8) is 0 Å². The summed E-state index contributed by atoms with van der Waals surface area (Å²) in [5, 5.41) is 23.3. The molecule has 8 nitrogen and oxygen atoms in total. The van der Waals surface area contributed by atoms with Crippen LogP contribution in [0.4, 0.5) is 0 Å². The van der Waals surface area contributed by atoms with Gasteiger partial charge in [0.25, 0.3) is 0 Å². The highest BCUT2D eigenvalue weighted by Gasteiger charge is 2.42. The summed E-state index contributed by atoms with van der Waals surface area (Å²) >= 11 is 0. The van der Waals surface area contributed by atoms with Crippen LogP contribution in [0.1, 0.15) is 38.2 Å². The van der Waals surface area contributed by atoms with Crippen LogP contribution in [0.15, 0.2) is 30.6 Å². The molecule has 3 rings (SSSR count). The van der Waals surface area contributed by atoms with Crippen molar-refractivity contribution >= 4 is 11.9 Å². The molecule has 1 aromatic heterocycles. The van der Waals surface area contributed by atoms with Crippen molar-refractivity contribution < 1.29 is 14.7 Å². The molecule has 0 spiro atoms. The molecular formula is C17H21N5O3. The Bertz CT molecular complexity index is 734. The molecule has 1 aliphatic rings. The predicted molar refractivity (Wildman–Crippen MR) is 89.0 cm³/mol. The number of amides is 1. The van der Waals surface area contributed by atoms with E-state index in [0.29, 0.717) is 18.8 Å². The molecule has 8 heteroatoms. The van der Waals surface area contributed by atoms with E-state index in [1.54, 1.807) is 0 Å². The quantitative estimate of drug-likeness (QED) is 0.848. The van der Waals surface area contributed by atoms with Gasteiger partial charge in [0.15, 0.2) is 0 Å². The van der Waals surface area contributed by atoms with E-state index in [4.69, 9.17) is 0 Å². The Morgan fingerprint density at radius 1 is 1.28 bits per heavy atom. The molecule has 1 aromatic carbocycles. The number of aromatic nitrogens is 4. The lowest BCUT2D eigenvalue weighted by molar-refractivity contribution is -0.149. The minimum atomic E-state index is -1.13. The lowest BCUT2D eigenvalue weighted by Crippen LogP contribution is -2.56. The van der Waals surface area contributed by atoms with E-state index in [9.17, 15) is 14.7 Å². The zero-order chi connectivity index (χ0) is 17.9. The first-order valence-corrected chi connectivity index (χ1v) is 8.35. The molecule has 1 heterocycles. The standard InChI is InChI=1S/C17H21N5O3/c1-12-6-8-17(9-7-12,16(24)25)19-15(23)10-13-2-4-14(5-3-13)22-11-18-20-21-22/h2-5,11-12H,6-10H2,1H3,(H,19,23)(H,24,25). The van der Waals surface area contributed by atoms with E-state index < -0.39 is 11.5 Å². The maximum atomic E-state index is 12.4. The van der Waals surface area contributed by atoms with Gasteiger partial charge in [-0.2, -0.15) is 0 Å². The molecule has 0 saturated heterocycles. The molecule has 0 radical (unpaired) electrons. The minimum Gasteiger partial charge on any atom is -0.480 e. The molecular weight excluding hydrogens is 322 g/mol. The van der Waals surface area contributed by atoms with Crippen molar-refractivity contribution in [1.29, 1.82) is 0 Å². The fourth-order valence-corrected chi connectivity index (χ4v) is 3.19. The molecule has 2 N–H and O–H groups in total. The van der Waals surface area contributed by atoms with Crippen LogP contribution in [-0.2, 0) is 16.0 Å². The van der Waals surface area contributed by atoms with Gasteiger partial charge in [-0.1, -0.05) is 19.1 Å². The van der Waals surface area contributed by atoms with Gasteiger partial charge in [0.05, 0.1) is 12.1 Å². The summed E-state index contributed by atoms with van der Waals surface area (Å²) < 4.78 is 1.52. The molecule has 0 unspecified atom stereocenters. The van der Waals surface area contributed by atoms with Crippen molar-refractivity contribution in [1.82, 2.24) is 25.5 Å². The van der Waals surface area contributed by atoms with Crippen molar-refractivity contribution in [2.75, 3.05) is 0 Å². The van der Waals surface area contributed by atoms with E-state index in [1.807, 2.05) is 24.3 Å². The van der Waals surface area contributed by atoms with Crippen LogP contribution in [0.25, 0.3) is 5.69 Å². The van der Waals surface area contributed by atoms with Crippen LogP contribution in [0.3, 0.4) is 0 Å². The summed E-state index contributed by atoms with van der Waals surface area (Å²) in [5.74, 6) is -0.711. The van der Waals surface area contributed by atoms with Crippen LogP contribution in [0.2, 0.25) is 0 Å². The van der Waals surface area contributed by atoms with E-state index >= 15 is 0 Å². The van der Waals surface area contributed by atoms with Crippen molar-refractivity contribution in [2.45, 2.75) is 44.6 Å². The number of carbonyl (C=O) groups is 2. The number of carboxylic acid groups (broad SMARTS) is 1. The molecule has 0 atom stereocenters. The summed E-state index contributed by atoms with van der Waals surface area (Å²) in [7, 11) is 0. The van der Waals surface area contributed by atoms with Gasteiger partial charge in [0.2, 0.25) is 5.91 Å². The third kappa shape index (κ3) is 3.84. The SMILES string of the molecule is CC1CCC(NC(=O)Cc2ccc(-n3cnnn3)cc2)(C(=O)O)CC1. The number of aliphatic carboxylic acids is 1. The molecule has 0 aliphatic heterocycles. The van der Waals surface area contributed by atoms with Crippen LogP contribution in [0, 0.1) is 5.92 Å². The average molecular weight is 343 g/mol. The molecule has 1 fully saturated rings. The average Bonchev–Trinajstić information content (AvgIpc) is 3.12. The number of rotatable bonds is 5. The Morgan fingerprint density at radius 3 is 2.52 bits per heavy atom. The lowest BCUT2D eigenvalue weighted by atomic mass is 9.77. The Morgan fingerprint density at radius 2 is 1.96 bits per heavy atom. The second-order valence-corrected chi connectivity index (χ2v) is 6.72. The molecule has 132 valence electrons. The van der Waals surface area contributed by atoms with Crippen LogP contribution in [-0.4, -0.2) is 42.7 Å². The number of tetrazole rings is 1. The lowest BCUT2D eigenvalue weighted by Gasteiger charge is -2.36. The fourth-order valence-electron chi connectivity index (χ4n) is 3.19. The highest BCUT2D eigenvalue weighted by Crippen LogP contribution is 2.32. The van der Waals surface area contributed by atoms with E-state index in [0.717, 1.165) is 24.1 Å². The minimum absolute atomic E-state index is 0.139.